The van der Waals surface area contributed by atoms with Crippen molar-refractivity contribution in [2.45, 2.75) is 33.2 Å². The van der Waals surface area contributed by atoms with Gasteiger partial charge in [-0.3, -0.25) is 4.79 Å². The zero-order valence-corrected chi connectivity index (χ0v) is 16.8. The molecule has 27 heavy (non-hydrogen) atoms. The first-order valence-electron chi connectivity index (χ1n) is 8.82. The number of amides is 1. The fourth-order valence-electron chi connectivity index (χ4n) is 3.44. The molecule has 1 atom stereocenters. The molecule has 0 bridgehead atoms. The lowest BCUT2D eigenvalue weighted by Crippen LogP contribution is -2.34. The Morgan fingerprint density at radius 1 is 1.22 bits per heavy atom. The number of hydrogen-bond donors (Lipinski definition) is 1. The molecule has 1 fully saturated rings. The van der Waals surface area contributed by atoms with Crippen LogP contribution >= 0.6 is 0 Å². The molecule has 1 amide bonds. The van der Waals surface area contributed by atoms with Gasteiger partial charge >= 0.3 is 0 Å². The number of anilines is 2. The number of nitrogens with one attached hydrogen (secondary N) is 1. The maximum Gasteiger partial charge on any atom is 0.274 e. The molecular weight excluding hydrogens is 364 g/mol. The third kappa shape index (κ3) is 4.27. The topological polar surface area (TPSA) is 92.3 Å². The molecule has 1 aromatic heterocycles. The summed E-state index contributed by atoms with van der Waals surface area (Å²) in [6.45, 7) is 5.92. The monoisotopic (exact) mass is 388 g/mol. The highest BCUT2D eigenvalue weighted by Gasteiger charge is 2.32. The molecule has 8 heteroatoms. The Morgan fingerprint density at radius 2 is 1.89 bits per heavy atom. The Bertz CT molecular complexity index is 965. The van der Waals surface area contributed by atoms with Crippen molar-refractivity contribution < 1.29 is 13.2 Å². The summed E-state index contributed by atoms with van der Waals surface area (Å²) in [6.07, 6.45) is 2.06. The average Bonchev–Trinajstić information content (AvgIpc) is 2.97. The van der Waals surface area contributed by atoms with E-state index in [4.69, 9.17) is 0 Å². The van der Waals surface area contributed by atoms with Crippen LogP contribution in [0.3, 0.4) is 0 Å². The summed E-state index contributed by atoms with van der Waals surface area (Å²) in [5.74, 6) is 0.294. The Kier molecular flexibility index (Phi) is 5.19. The minimum Gasteiger partial charge on any atom is -0.340 e. The number of carbonyl (C=O) groups is 1. The predicted octanol–water partition coefficient (Wildman–Crippen LogP) is 2.28. The normalized spacial score (nSPS) is 18.3. The van der Waals surface area contributed by atoms with Crippen molar-refractivity contribution in [3.05, 3.63) is 46.8 Å². The molecule has 1 N–H and O–H groups in total. The largest absolute Gasteiger partial charge is 0.340 e. The molecule has 0 spiro atoms. The minimum absolute atomic E-state index is 0.0883. The first kappa shape index (κ1) is 19.3. The summed E-state index contributed by atoms with van der Waals surface area (Å²) in [5.41, 5.74) is 4.14. The van der Waals surface area contributed by atoms with Crippen LogP contribution in [0.25, 0.3) is 0 Å². The summed E-state index contributed by atoms with van der Waals surface area (Å²) >= 11 is 0. The SMILES string of the molecule is Cc1cc(C)c(NC(=O)c2ccnc(N(C)C3CCS(=O)(=O)C3)n2)c(C)c1. The third-order valence-corrected chi connectivity index (χ3v) is 6.61. The lowest BCUT2D eigenvalue weighted by molar-refractivity contribution is 0.102. The molecule has 0 saturated carbocycles. The minimum atomic E-state index is -3.01. The summed E-state index contributed by atoms with van der Waals surface area (Å²) in [6, 6.07) is 5.41. The van der Waals surface area contributed by atoms with Crippen LogP contribution in [0.15, 0.2) is 24.4 Å². The molecule has 0 aliphatic carbocycles. The van der Waals surface area contributed by atoms with E-state index in [2.05, 4.69) is 15.3 Å². The van der Waals surface area contributed by atoms with Crippen molar-refractivity contribution >= 4 is 27.4 Å². The van der Waals surface area contributed by atoms with Crippen LogP contribution in [0.2, 0.25) is 0 Å². The fourth-order valence-corrected chi connectivity index (χ4v) is 5.22. The van der Waals surface area contributed by atoms with Gasteiger partial charge in [-0.15, -0.1) is 0 Å². The van der Waals surface area contributed by atoms with E-state index in [9.17, 15) is 13.2 Å². The van der Waals surface area contributed by atoms with E-state index < -0.39 is 9.84 Å². The molecule has 1 aliphatic rings. The first-order chi connectivity index (χ1) is 12.7. The standard InChI is InChI=1S/C19H24N4O3S/c1-12-9-13(2)17(14(3)10-12)22-18(24)16-5-7-20-19(21-16)23(4)15-6-8-27(25,26)11-15/h5,7,9-10,15H,6,8,11H2,1-4H3,(H,22,24). The molecule has 1 saturated heterocycles. The van der Waals surface area contributed by atoms with Crippen molar-refractivity contribution in [1.29, 1.82) is 0 Å². The Hall–Kier alpha value is -2.48. The average molecular weight is 388 g/mol. The number of sulfone groups is 1. The van der Waals surface area contributed by atoms with E-state index in [0.717, 1.165) is 22.4 Å². The lowest BCUT2D eigenvalue weighted by Gasteiger charge is -2.23. The quantitative estimate of drug-likeness (QED) is 0.864. The molecular formula is C19H24N4O3S. The number of hydrogen-bond acceptors (Lipinski definition) is 6. The van der Waals surface area contributed by atoms with E-state index in [1.807, 2.05) is 32.9 Å². The zero-order chi connectivity index (χ0) is 19.8. The molecule has 144 valence electrons. The van der Waals surface area contributed by atoms with Crippen LogP contribution in [0.1, 0.15) is 33.6 Å². The smallest absolute Gasteiger partial charge is 0.274 e. The van der Waals surface area contributed by atoms with Gasteiger partial charge in [0, 0.05) is 25.0 Å². The van der Waals surface area contributed by atoms with Gasteiger partial charge in [-0.25, -0.2) is 18.4 Å². The van der Waals surface area contributed by atoms with Gasteiger partial charge in [-0.2, -0.15) is 0 Å². The maximum atomic E-state index is 12.7. The van der Waals surface area contributed by atoms with Gasteiger partial charge < -0.3 is 10.2 Å². The molecule has 1 unspecified atom stereocenters. The van der Waals surface area contributed by atoms with E-state index >= 15 is 0 Å². The van der Waals surface area contributed by atoms with Gasteiger partial charge in [0.05, 0.1) is 11.5 Å². The summed E-state index contributed by atoms with van der Waals surface area (Å²) in [5, 5.41) is 2.93. The van der Waals surface area contributed by atoms with Crippen molar-refractivity contribution in [1.82, 2.24) is 9.97 Å². The Balaban J connectivity index is 1.80. The van der Waals surface area contributed by atoms with Crippen LogP contribution in [0.5, 0.6) is 0 Å². The highest BCUT2D eigenvalue weighted by atomic mass is 32.2. The van der Waals surface area contributed by atoms with Crippen LogP contribution in [-0.4, -0.2) is 48.9 Å². The van der Waals surface area contributed by atoms with Gasteiger partial charge in [0.1, 0.15) is 5.69 Å². The van der Waals surface area contributed by atoms with E-state index in [1.54, 1.807) is 18.0 Å². The van der Waals surface area contributed by atoms with Crippen LogP contribution in [0.4, 0.5) is 11.6 Å². The van der Waals surface area contributed by atoms with E-state index in [0.29, 0.717) is 12.4 Å². The van der Waals surface area contributed by atoms with Crippen LogP contribution in [-0.2, 0) is 9.84 Å². The van der Waals surface area contributed by atoms with Gasteiger partial charge in [0.15, 0.2) is 9.84 Å². The van der Waals surface area contributed by atoms with Crippen LogP contribution in [0, 0.1) is 20.8 Å². The molecule has 7 nitrogen and oxygen atoms in total. The number of aryl methyl sites for hydroxylation is 3. The molecule has 3 rings (SSSR count). The molecule has 1 aromatic carbocycles. The summed E-state index contributed by atoms with van der Waals surface area (Å²) in [4.78, 5) is 23.0. The third-order valence-electron chi connectivity index (χ3n) is 4.86. The highest BCUT2D eigenvalue weighted by molar-refractivity contribution is 7.91. The van der Waals surface area contributed by atoms with Crippen molar-refractivity contribution in [3.63, 3.8) is 0 Å². The zero-order valence-electron chi connectivity index (χ0n) is 16.0. The molecule has 0 radical (unpaired) electrons. The second-order valence-corrected chi connectivity index (χ2v) is 9.37. The van der Waals surface area contributed by atoms with Gasteiger partial charge in [0.25, 0.3) is 5.91 Å². The van der Waals surface area contributed by atoms with E-state index in [1.165, 1.54) is 6.20 Å². The summed E-state index contributed by atoms with van der Waals surface area (Å²) in [7, 11) is -1.24. The maximum absolute atomic E-state index is 12.7. The predicted molar refractivity (Wildman–Crippen MR) is 106 cm³/mol. The summed E-state index contributed by atoms with van der Waals surface area (Å²) < 4.78 is 23.4. The second kappa shape index (κ2) is 7.26. The van der Waals surface area contributed by atoms with Crippen molar-refractivity contribution in [3.8, 4) is 0 Å². The lowest BCUT2D eigenvalue weighted by atomic mass is 10.1. The Labute approximate surface area is 159 Å². The number of rotatable bonds is 4. The highest BCUT2D eigenvalue weighted by Crippen LogP contribution is 2.23. The molecule has 2 aromatic rings. The fraction of sp³-hybridized carbons (Fsp3) is 0.421. The number of benzene rings is 1. The van der Waals surface area contributed by atoms with Crippen LogP contribution < -0.4 is 10.2 Å². The Morgan fingerprint density at radius 3 is 2.48 bits per heavy atom. The van der Waals surface area contributed by atoms with E-state index in [-0.39, 0.29) is 29.1 Å². The van der Waals surface area contributed by atoms with Gasteiger partial charge in [-0.05, 0) is 44.4 Å². The number of aromatic nitrogens is 2. The number of nitrogens with zero attached hydrogens (tertiary/aromatic N) is 3. The first-order valence-corrected chi connectivity index (χ1v) is 10.6. The second-order valence-electron chi connectivity index (χ2n) is 7.14. The van der Waals surface area contributed by atoms with Gasteiger partial charge in [-0.1, -0.05) is 17.7 Å². The number of carbonyl (C=O) groups excluding carboxylic acids is 1. The van der Waals surface area contributed by atoms with Crippen molar-refractivity contribution in [2.75, 3.05) is 28.8 Å². The molecule has 2 heterocycles. The molecule has 1 aliphatic heterocycles. The van der Waals surface area contributed by atoms with Gasteiger partial charge in [0.2, 0.25) is 5.95 Å². The van der Waals surface area contributed by atoms with Crippen molar-refractivity contribution in [2.24, 2.45) is 0 Å².